The van der Waals surface area contributed by atoms with Crippen LogP contribution in [0.1, 0.15) is 38.3 Å². The number of halogens is 3. The lowest BCUT2D eigenvalue weighted by molar-refractivity contribution is 0.467. The summed E-state index contributed by atoms with van der Waals surface area (Å²) in [5.41, 5.74) is 5.79. The van der Waals surface area contributed by atoms with Gasteiger partial charge in [0.1, 0.15) is 11.6 Å². The van der Waals surface area contributed by atoms with E-state index in [1.54, 1.807) is 0 Å². The van der Waals surface area contributed by atoms with Crippen molar-refractivity contribution in [3.63, 3.8) is 0 Å². The summed E-state index contributed by atoms with van der Waals surface area (Å²) in [5, 5.41) is 0. The average Bonchev–Trinajstić information content (AvgIpc) is 2.21. The van der Waals surface area contributed by atoms with Gasteiger partial charge < -0.3 is 5.73 Å². The Bertz CT molecular complexity index is 366. The molecule has 1 unspecified atom stereocenters. The van der Waals surface area contributed by atoms with Crippen molar-refractivity contribution in [1.29, 1.82) is 0 Å². The molecule has 90 valence electrons. The summed E-state index contributed by atoms with van der Waals surface area (Å²) in [4.78, 5) is 0. The molecule has 0 bridgehead atoms. The standard InChI is InChI=1S/C12H16BrF2N/c1-7(2)3-6-10(16)11-9(14)5-4-8(13)12(11)15/h4-5,7,10H,3,6,16H2,1-2H3. The van der Waals surface area contributed by atoms with Crippen molar-refractivity contribution >= 4 is 15.9 Å². The average molecular weight is 292 g/mol. The van der Waals surface area contributed by atoms with Gasteiger partial charge in [0.15, 0.2) is 0 Å². The molecule has 4 heteroatoms. The molecular formula is C12H16BrF2N. The lowest BCUT2D eigenvalue weighted by atomic mass is 9.97. The third kappa shape index (κ3) is 3.25. The Labute approximate surface area is 103 Å². The zero-order chi connectivity index (χ0) is 12.3. The van der Waals surface area contributed by atoms with Gasteiger partial charge in [-0.25, -0.2) is 8.78 Å². The summed E-state index contributed by atoms with van der Waals surface area (Å²) >= 11 is 3.03. The second kappa shape index (κ2) is 5.73. The molecule has 2 N–H and O–H groups in total. The molecule has 0 radical (unpaired) electrons. The van der Waals surface area contributed by atoms with Gasteiger partial charge in [-0.3, -0.25) is 0 Å². The molecule has 0 fully saturated rings. The van der Waals surface area contributed by atoms with Crippen LogP contribution in [0.15, 0.2) is 16.6 Å². The number of nitrogens with two attached hydrogens (primary N) is 1. The molecule has 1 aromatic rings. The van der Waals surface area contributed by atoms with Crippen molar-refractivity contribution in [2.45, 2.75) is 32.7 Å². The topological polar surface area (TPSA) is 26.0 Å². The van der Waals surface area contributed by atoms with Crippen molar-refractivity contribution in [2.24, 2.45) is 11.7 Å². The van der Waals surface area contributed by atoms with Crippen LogP contribution in [-0.4, -0.2) is 0 Å². The van der Waals surface area contributed by atoms with E-state index in [1.807, 2.05) is 0 Å². The highest BCUT2D eigenvalue weighted by Crippen LogP contribution is 2.28. The minimum absolute atomic E-state index is 0.0185. The van der Waals surface area contributed by atoms with Crippen LogP contribution in [0.2, 0.25) is 0 Å². The van der Waals surface area contributed by atoms with Crippen LogP contribution in [0, 0.1) is 17.6 Å². The van der Waals surface area contributed by atoms with Crippen LogP contribution in [0.4, 0.5) is 8.78 Å². The molecule has 0 aliphatic rings. The summed E-state index contributed by atoms with van der Waals surface area (Å²) in [7, 11) is 0. The molecule has 0 heterocycles. The lowest BCUT2D eigenvalue weighted by Crippen LogP contribution is -2.15. The fourth-order valence-electron chi connectivity index (χ4n) is 1.54. The maximum atomic E-state index is 13.7. The molecule has 0 aromatic heterocycles. The van der Waals surface area contributed by atoms with Crippen LogP contribution < -0.4 is 5.73 Å². The lowest BCUT2D eigenvalue weighted by Gasteiger charge is -2.15. The quantitative estimate of drug-likeness (QED) is 0.828. The third-order valence-corrected chi connectivity index (χ3v) is 3.12. The molecule has 1 aromatic carbocycles. The van der Waals surface area contributed by atoms with E-state index in [2.05, 4.69) is 29.8 Å². The Kier molecular flexibility index (Phi) is 4.87. The van der Waals surface area contributed by atoms with Gasteiger partial charge in [-0.15, -0.1) is 0 Å². The van der Waals surface area contributed by atoms with Gasteiger partial charge in [0.25, 0.3) is 0 Å². The monoisotopic (exact) mass is 291 g/mol. The Morgan fingerprint density at radius 3 is 2.44 bits per heavy atom. The van der Waals surface area contributed by atoms with E-state index in [0.717, 1.165) is 6.42 Å². The van der Waals surface area contributed by atoms with Crippen molar-refractivity contribution in [1.82, 2.24) is 0 Å². The van der Waals surface area contributed by atoms with Gasteiger partial charge >= 0.3 is 0 Å². The van der Waals surface area contributed by atoms with Gasteiger partial charge in [-0.05, 0) is 46.8 Å². The van der Waals surface area contributed by atoms with E-state index in [4.69, 9.17) is 5.73 Å². The van der Waals surface area contributed by atoms with E-state index >= 15 is 0 Å². The van der Waals surface area contributed by atoms with Gasteiger partial charge in [0.2, 0.25) is 0 Å². The second-order valence-electron chi connectivity index (χ2n) is 4.33. The highest BCUT2D eigenvalue weighted by atomic mass is 79.9. The minimum atomic E-state index is -0.587. The highest BCUT2D eigenvalue weighted by molar-refractivity contribution is 9.10. The van der Waals surface area contributed by atoms with Crippen molar-refractivity contribution in [3.05, 3.63) is 33.8 Å². The largest absolute Gasteiger partial charge is 0.324 e. The molecule has 16 heavy (non-hydrogen) atoms. The molecule has 1 rings (SSSR count). The fourth-order valence-corrected chi connectivity index (χ4v) is 1.89. The fraction of sp³-hybridized carbons (Fsp3) is 0.500. The van der Waals surface area contributed by atoms with Crippen LogP contribution >= 0.6 is 15.9 Å². The van der Waals surface area contributed by atoms with Crippen molar-refractivity contribution in [2.75, 3.05) is 0 Å². The Morgan fingerprint density at radius 1 is 1.25 bits per heavy atom. The maximum Gasteiger partial charge on any atom is 0.145 e. The summed E-state index contributed by atoms with van der Waals surface area (Å²) in [6.45, 7) is 4.11. The summed E-state index contributed by atoms with van der Waals surface area (Å²) < 4.78 is 27.4. The highest BCUT2D eigenvalue weighted by Gasteiger charge is 2.18. The van der Waals surface area contributed by atoms with Crippen LogP contribution in [0.3, 0.4) is 0 Å². The summed E-state index contributed by atoms with van der Waals surface area (Å²) in [5.74, 6) is -0.683. The Morgan fingerprint density at radius 2 is 1.88 bits per heavy atom. The molecule has 0 spiro atoms. The predicted molar refractivity (Wildman–Crippen MR) is 65.1 cm³/mol. The van der Waals surface area contributed by atoms with E-state index in [1.165, 1.54) is 12.1 Å². The molecular weight excluding hydrogens is 276 g/mol. The van der Waals surface area contributed by atoms with Gasteiger partial charge in [0.05, 0.1) is 4.47 Å². The number of hydrogen-bond donors (Lipinski definition) is 1. The van der Waals surface area contributed by atoms with Crippen molar-refractivity contribution < 1.29 is 8.78 Å². The first-order chi connectivity index (χ1) is 7.43. The van der Waals surface area contributed by atoms with Gasteiger partial charge in [-0.1, -0.05) is 13.8 Å². The first kappa shape index (κ1) is 13.6. The second-order valence-corrected chi connectivity index (χ2v) is 5.19. The zero-order valence-electron chi connectivity index (χ0n) is 9.43. The Hall–Kier alpha value is -0.480. The van der Waals surface area contributed by atoms with Crippen LogP contribution in [0.25, 0.3) is 0 Å². The summed E-state index contributed by atoms with van der Waals surface area (Å²) in [6, 6.07) is 2.00. The van der Waals surface area contributed by atoms with E-state index in [9.17, 15) is 8.78 Å². The van der Waals surface area contributed by atoms with Crippen LogP contribution in [-0.2, 0) is 0 Å². The summed E-state index contributed by atoms with van der Waals surface area (Å²) in [6.07, 6.45) is 1.44. The maximum absolute atomic E-state index is 13.7. The minimum Gasteiger partial charge on any atom is -0.324 e. The molecule has 0 amide bonds. The third-order valence-electron chi connectivity index (χ3n) is 2.51. The first-order valence-electron chi connectivity index (χ1n) is 5.32. The van der Waals surface area contributed by atoms with Gasteiger partial charge in [0, 0.05) is 11.6 Å². The number of hydrogen-bond acceptors (Lipinski definition) is 1. The van der Waals surface area contributed by atoms with Gasteiger partial charge in [-0.2, -0.15) is 0 Å². The smallest absolute Gasteiger partial charge is 0.145 e. The molecule has 0 aliphatic carbocycles. The first-order valence-corrected chi connectivity index (χ1v) is 6.11. The molecule has 0 aliphatic heterocycles. The van der Waals surface area contributed by atoms with Crippen molar-refractivity contribution in [3.8, 4) is 0 Å². The normalized spacial score (nSPS) is 13.2. The molecule has 1 atom stereocenters. The van der Waals surface area contributed by atoms with E-state index < -0.39 is 17.7 Å². The zero-order valence-corrected chi connectivity index (χ0v) is 11.0. The van der Waals surface area contributed by atoms with Crippen LogP contribution in [0.5, 0.6) is 0 Å². The molecule has 1 nitrogen and oxygen atoms in total. The Balaban J connectivity index is 2.90. The molecule has 0 saturated carbocycles. The predicted octanol–water partition coefficient (Wildman–Crippen LogP) is 4.16. The molecule has 0 saturated heterocycles. The van der Waals surface area contributed by atoms with E-state index in [-0.39, 0.29) is 10.0 Å². The SMILES string of the molecule is CC(C)CCC(N)c1c(F)ccc(Br)c1F. The number of benzene rings is 1. The van der Waals surface area contributed by atoms with E-state index in [0.29, 0.717) is 12.3 Å². The number of rotatable bonds is 4.